The van der Waals surface area contributed by atoms with Crippen LogP contribution in [0.15, 0.2) is 53.4 Å². The molecule has 2 saturated heterocycles. The van der Waals surface area contributed by atoms with Crippen molar-refractivity contribution in [1.29, 1.82) is 0 Å². The molecule has 4 rings (SSSR count). The molecule has 0 spiro atoms. The summed E-state index contributed by atoms with van der Waals surface area (Å²) in [5.41, 5.74) is 0. The molecule has 3 atom stereocenters. The van der Waals surface area contributed by atoms with E-state index in [2.05, 4.69) is 0 Å². The lowest BCUT2D eigenvalue weighted by Crippen LogP contribution is -2.53. The minimum absolute atomic E-state index is 0.00897. The summed E-state index contributed by atoms with van der Waals surface area (Å²) in [5, 5.41) is 9.11. The first-order valence-electron chi connectivity index (χ1n) is 9.41. The van der Waals surface area contributed by atoms with Crippen LogP contribution in [0.25, 0.3) is 0 Å². The topological polar surface area (TPSA) is 102 Å². The Morgan fingerprint density at radius 3 is 2.33 bits per heavy atom. The predicted octanol–water partition coefficient (Wildman–Crippen LogP) is 3.44. The lowest BCUT2D eigenvalue weighted by molar-refractivity contribution is -0.0791. The molecule has 160 valence electrons. The molecule has 2 aliphatic heterocycles. The fraction of sp³-hybridized carbons (Fsp3) is 0.350. The molecule has 1 N–H and O–H groups in total. The zero-order valence-electron chi connectivity index (χ0n) is 15.8. The molecule has 30 heavy (non-hydrogen) atoms. The molecule has 2 aliphatic rings. The van der Waals surface area contributed by atoms with Crippen molar-refractivity contribution < 1.29 is 36.9 Å². The Kier molecular flexibility index (Phi) is 5.63. The largest absolute Gasteiger partial charge is 0.507 e. The van der Waals surface area contributed by atoms with Crippen LogP contribution in [0.1, 0.15) is 12.8 Å². The van der Waals surface area contributed by atoms with Gasteiger partial charge < -0.3 is 19.3 Å². The maximum absolute atomic E-state index is 13.2. The number of piperidine rings is 1. The van der Waals surface area contributed by atoms with Crippen LogP contribution in [-0.2, 0) is 19.5 Å². The summed E-state index contributed by atoms with van der Waals surface area (Å²) >= 11 is 0. The number of nitrogens with zero attached hydrogens (tertiary/aromatic N) is 1. The van der Waals surface area contributed by atoms with E-state index in [1.807, 2.05) is 0 Å². The van der Waals surface area contributed by atoms with Gasteiger partial charge in [-0.2, -0.15) is 4.31 Å². The first-order chi connectivity index (χ1) is 14.3. The van der Waals surface area contributed by atoms with E-state index in [4.69, 9.17) is 19.3 Å². The SMILES string of the molecule is O=C(O)OC1C2CCOC2CCN1S(=O)(=O)c1ccc(Oc2ccc(F)cc2)cc1. The number of rotatable bonds is 5. The number of sulfonamides is 1. The van der Waals surface area contributed by atoms with E-state index in [1.165, 1.54) is 48.5 Å². The molecular formula is C20H20FNO7S. The van der Waals surface area contributed by atoms with Crippen molar-refractivity contribution in [3.8, 4) is 11.5 Å². The number of fused-ring (bicyclic) bond motifs is 1. The van der Waals surface area contributed by atoms with E-state index in [9.17, 15) is 17.6 Å². The van der Waals surface area contributed by atoms with Crippen molar-refractivity contribution in [2.75, 3.05) is 13.2 Å². The fourth-order valence-electron chi connectivity index (χ4n) is 3.84. The molecule has 2 heterocycles. The van der Waals surface area contributed by atoms with Crippen LogP contribution in [0, 0.1) is 11.7 Å². The van der Waals surface area contributed by atoms with Crippen LogP contribution < -0.4 is 4.74 Å². The molecule has 0 aliphatic carbocycles. The van der Waals surface area contributed by atoms with Gasteiger partial charge in [0, 0.05) is 19.1 Å². The third-order valence-corrected chi connectivity index (χ3v) is 7.12. The van der Waals surface area contributed by atoms with E-state index < -0.39 is 28.2 Å². The number of hydrogen-bond acceptors (Lipinski definition) is 6. The molecule has 0 saturated carbocycles. The second kappa shape index (κ2) is 8.21. The zero-order valence-corrected chi connectivity index (χ0v) is 16.6. The minimum atomic E-state index is -4.01. The Balaban J connectivity index is 1.55. The smallest absolute Gasteiger partial charge is 0.457 e. The second-order valence-electron chi connectivity index (χ2n) is 7.07. The predicted molar refractivity (Wildman–Crippen MR) is 102 cm³/mol. The Bertz CT molecular complexity index is 1010. The van der Waals surface area contributed by atoms with E-state index in [-0.39, 0.29) is 23.5 Å². The third kappa shape index (κ3) is 4.11. The van der Waals surface area contributed by atoms with E-state index >= 15 is 0 Å². The lowest BCUT2D eigenvalue weighted by Gasteiger charge is -2.39. The molecule has 8 nitrogen and oxygen atoms in total. The maximum Gasteiger partial charge on any atom is 0.507 e. The third-order valence-electron chi connectivity index (χ3n) is 5.25. The Morgan fingerprint density at radius 2 is 1.70 bits per heavy atom. The Labute approximate surface area is 172 Å². The summed E-state index contributed by atoms with van der Waals surface area (Å²) < 4.78 is 56.6. The van der Waals surface area contributed by atoms with Crippen molar-refractivity contribution in [3.63, 3.8) is 0 Å². The van der Waals surface area contributed by atoms with Gasteiger partial charge in [0.25, 0.3) is 0 Å². The van der Waals surface area contributed by atoms with Crippen molar-refractivity contribution >= 4 is 16.2 Å². The van der Waals surface area contributed by atoms with Crippen molar-refractivity contribution in [2.24, 2.45) is 5.92 Å². The number of ether oxygens (including phenoxy) is 3. The average Bonchev–Trinajstić information content (AvgIpc) is 3.19. The van der Waals surface area contributed by atoms with Crippen LogP contribution in [0.5, 0.6) is 11.5 Å². The molecule has 0 radical (unpaired) electrons. The Hall–Kier alpha value is -2.69. The van der Waals surface area contributed by atoms with Crippen LogP contribution >= 0.6 is 0 Å². The summed E-state index contributed by atoms with van der Waals surface area (Å²) in [4.78, 5) is 11.2. The van der Waals surface area contributed by atoms with E-state index in [1.54, 1.807) is 0 Å². The molecule has 10 heteroatoms. The van der Waals surface area contributed by atoms with Gasteiger partial charge in [0.05, 0.1) is 11.0 Å². The highest BCUT2D eigenvalue weighted by molar-refractivity contribution is 7.89. The zero-order chi connectivity index (χ0) is 21.3. The highest BCUT2D eigenvalue weighted by atomic mass is 32.2. The summed E-state index contributed by atoms with van der Waals surface area (Å²) in [6.07, 6.45) is -1.89. The highest BCUT2D eigenvalue weighted by Crippen LogP contribution is 2.37. The number of carbonyl (C=O) groups is 1. The summed E-state index contributed by atoms with van der Waals surface area (Å²) in [6.45, 7) is 0.535. The number of halogens is 1. The molecule has 0 bridgehead atoms. The van der Waals surface area contributed by atoms with E-state index in [0.29, 0.717) is 30.9 Å². The second-order valence-corrected chi connectivity index (χ2v) is 8.96. The van der Waals surface area contributed by atoms with Crippen molar-refractivity contribution in [2.45, 2.75) is 30.1 Å². The van der Waals surface area contributed by atoms with Gasteiger partial charge in [0.1, 0.15) is 17.3 Å². The fourth-order valence-corrected chi connectivity index (χ4v) is 5.41. The van der Waals surface area contributed by atoms with Gasteiger partial charge in [-0.05, 0) is 61.4 Å². The normalized spacial score (nSPS) is 24.2. The first kappa shape index (κ1) is 20.6. The van der Waals surface area contributed by atoms with Gasteiger partial charge in [0.2, 0.25) is 10.0 Å². The molecule has 2 aromatic rings. The number of carboxylic acid groups (broad SMARTS) is 1. The van der Waals surface area contributed by atoms with Gasteiger partial charge in [-0.1, -0.05) is 0 Å². The molecule has 2 aromatic carbocycles. The minimum Gasteiger partial charge on any atom is -0.457 e. The average molecular weight is 437 g/mol. The van der Waals surface area contributed by atoms with Gasteiger partial charge >= 0.3 is 6.16 Å². The monoisotopic (exact) mass is 437 g/mol. The molecule has 0 aromatic heterocycles. The first-order valence-corrected chi connectivity index (χ1v) is 10.8. The summed E-state index contributed by atoms with van der Waals surface area (Å²) in [6, 6.07) is 11.2. The highest BCUT2D eigenvalue weighted by Gasteiger charge is 2.48. The van der Waals surface area contributed by atoms with Crippen molar-refractivity contribution in [3.05, 3.63) is 54.3 Å². The van der Waals surface area contributed by atoms with Crippen LogP contribution in [0.4, 0.5) is 9.18 Å². The van der Waals surface area contributed by atoms with Crippen LogP contribution in [0.2, 0.25) is 0 Å². The van der Waals surface area contributed by atoms with Gasteiger partial charge in [-0.15, -0.1) is 0 Å². The standard InChI is InChI=1S/C20H20FNO7S/c21-13-1-3-14(4-2-13)28-15-5-7-16(8-6-15)30(25,26)22-11-9-18-17(10-12-27-18)19(22)29-20(23)24/h1-8,17-19H,9-12H2,(H,23,24). The lowest BCUT2D eigenvalue weighted by atomic mass is 9.93. The summed E-state index contributed by atoms with van der Waals surface area (Å²) in [7, 11) is -4.01. The van der Waals surface area contributed by atoms with Crippen LogP contribution in [-0.4, -0.2) is 49.5 Å². The van der Waals surface area contributed by atoms with Gasteiger partial charge in [-0.25, -0.2) is 17.6 Å². The van der Waals surface area contributed by atoms with Gasteiger partial charge in [-0.3, -0.25) is 0 Å². The Morgan fingerprint density at radius 1 is 1.07 bits per heavy atom. The molecule has 0 amide bonds. The molecule has 2 fully saturated rings. The summed E-state index contributed by atoms with van der Waals surface area (Å²) in [5.74, 6) is 0.0519. The quantitative estimate of drug-likeness (QED) is 0.715. The molecular weight excluding hydrogens is 417 g/mol. The number of benzene rings is 2. The van der Waals surface area contributed by atoms with Crippen molar-refractivity contribution in [1.82, 2.24) is 4.31 Å². The maximum atomic E-state index is 13.2. The van der Waals surface area contributed by atoms with Gasteiger partial charge in [0.15, 0.2) is 6.23 Å². The number of hydrogen-bond donors (Lipinski definition) is 1. The van der Waals surface area contributed by atoms with Crippen LogP contribution in [0.3, 0.4) is 0 Å². The molecule has 3 unspecified atom stereocenters. The van der Waals surface area contributed by atoms with E-state index in [0.717, 1.165) is 4.31 Å².